The number of hydrogen-bond donors (Lipinski definition) is 3. The van der Waals surface area contributed by atoms with E-state index in [1.54, 1.807) is 29.0 Å². The maximum absolute atomic E-state index is 12.9. The molecule has 1 aromatic carbocycles. The van der Waals surface area contributed by atoms with Crippen molar-refractivity contribution in [3.8, 4) is 0 Å². The van der Waals surface area contributed by atoms with Gasteiger partial charge in [0.2, 0.25) is 11.8 Å². The molecule has 8 nitrogen and oxygen atoms in total. The molecule has 2 aromatic rings. The summed E-state index contributed by atoms with van der Waals surface area (Å²) in [6.07, 6.45) is 0.00875. The predicted molar refractivity (Wildman–Crippen MR) is 117 cm³/mol. The van der Waals surface area contributed by atoms with Crippen LogP contribution in [0.2, 0.25) is 0 Å². The largest absolute Gasteiger partial charge is 0.481 e. The van der Waals surface area contributed by atoms with Crippen LogP contribution in [0.15, 0.2) is 41.1 Å². The van der Waals surface area contributed by atoms with Gasteiger partial charge < -0.3 is 20.5 Å². The van der Waals surface area contributed by atoms with Crippen LogP contribution < -0.4 is 10.6 Å². The van der Waals surface area contributed by atoms with Crippen molar-refractivity contribution in [2.75, 3.05) is 12.4 Å². The molecule has 0 radical (unpaired) electrons. The van der Waals surface area contributed by atoms with Gasteiger partial charge in [-0.2, -0.15) is 11.3 Å². The van der Waals surface area contributed by atoms with E-state index < -0.39 is 35.7 Å². The summed E-state index contributed by atoms with van der Waals surface area (Å²) < 4.78 is 4.65. The Kier molecular flexibility index (Phi) is 8.75. The van der Waals surface area contributed by atoms with Gasteiger partial charge in [-0.1, -0.05) is 13.8 Å². The van der Waals surface area contributed by atoms with Crippen molar-refractivity contribution < 1.29 is 29.0 Å². The van der Waals surface area contributed by atoms with E-state index in [1.165, 1.54) is 30.6 Å². The smallest absolute Gasteiger partial charge is 0.337 e. The lowest BCUT2D eigenvalue weighted by Crippen LogP contribution is -2.46. The van der Waals surface area contributed by atoms with Crippen LogP contribution in [0.25, 0.3) is 0 Å². The molecule has 0 bridgehead atoms. The molecule has 9 heteroatoms. The number of aliphatic carboxylic acids is 1. The third-order valence-corrected chi connectivity index (χ3v) is 5.26. The first-order valence-electron chi connectivity index (χ1n) is 9.74. The van der Waals surface area contributed by atoms with Gasteiger partial charge in [-0.25, -0.2) is 4.79 Å². The first kappa shape index (κ1) is 24.1. The standard InChI is InChI=1S/C22H26N2O6S/c1-13(2)10-18(21(28)23-16-6-4-14(5-7-16)22(29)30-3)24-20(27)17(11-19(25)26)15-8-9-31-12-15/h4-9,12-13,17-18H,10-11H2,1-3H3,(H,23,28)(H,24,27)(H,25,26)/t17-,18-/m0/s1. The molecule has 2 rings (SSSR count). The zero-order valence-electron chi connectivity index (χ0n) is 17.6. The summed E-state index contributed by atoms with van der Waals surface area (Å²) in [7, 11) is 1.28. The third-order valence-electron chi connectivity index (χ3n) is 4.55. The van der Waals surface area contributed by atoms with Crippen molar-refractivity contribution in [2.45, 2.75) is 38.6 Å². The topological polar surface area (TPSA) is 122 Å². The first-order valence-corrected chi connectivity index (χ1v) is 10.7. The number of esters is 1. The summed E-state index contributed by atoms with van der Waals surface area (Å²) in [6, 6.07) is 7.04. The minimum absolute atomic E-state index is 0.108. The molecule has 2 atom stereocenters. The fourth-order valence-corrected chi connectivity index (χ4v) is 3.74. The van der Waals surface area contributed by atoms with E-state index in [0.29, 0.717) is 23.2 Å². The highest BCUT2D eigenvalue weighted by atomic mass is 32.1. The van der Waals surface area contributed by atoms with Crippen LogP contribution in [-0.2, 0) is 19.1 Å². The molecule has 1 aromatic heterocycles. The third kappa shape index (κ3) is 7.21. The van der Waals surface area contributed by atoms with Crippen LogP contribution in [0.5, 0.6) is 0 Å². The fourth-order valence-electron chi connectivity index (χ4n) is 3.02. The van der Waals surface area contributed by atoms with E-state index in [4.69, 9.17) is 0 Å². The van der Waals surface area contributed by atoms with E-state index in [1.807, 2.05) is 13.8 Å². The Bertz CT molecular complexity index is 909. The van der Waals surface area contributed by atoms with E-state index in [2.05, 4.69) is 15.4 Å². The second kappa shape index (κ2) is 11.3. The van der Waals surface area contributed by atoms with Crippen molar-refractivity contribution in [1.82, 2.24) is 5.32 Å². The van der Waals surface area contributed by atoms with Crippen molar-refractivity contribution in [1.29, 1.82) is 0 Å². The number of carboxylic acids is 1. The number of ether oxygens (including phenoxy) is 1. The summed E-state index contributed by atoms with van der Waals surface area (Å²) in [6.45, 7) is 3.84. The Labute approximate surface area is 184 Å². The van der Waals surface area contributed by atoms with Gasteiger partial charge in [0.05, 0.1) is 25.0 Å². The Morgan fingerprint density at radius 3 is 2.26 bits per heavy atom. The van der Waals surface area contributed by atoms with Gasteiger partial charge in [-0.15, -0.1) is 0 Å². The highest BCUT2D eigenvalue weighted by Crippen LogP contribution is 2.23. The van der Waals surface area contributed by atoms with E-state index in [9.17, 15) is 24.3 Å². The van der Waals surface area contributed by atoms with Crippen molar-refractivity contribution in [3.63, 3.8) is 0 Å². The van der Waals surface area contributed by atoms with Gasteiger partial charge >= 0.3 is 11.9 Å². The lowest BCUT2D eigenvalue weighted by atomic mass is 9.96. The molecule has 0 unspecified atom stereocenters. The van der Waals surface area contributed by atoms with Gasteiger partial charge in [0, 0.05) is 5.69 Å². The highest BCUT2D eigenvalue weighted by Gasteiger charge is 2.29. The number of nitrogens with one attached hydrogen (secondary N) is 2. The van der Waals surface area contributed by atoms with Crippen molar-refractivity contribution >= 4 is 40.8 Å². The van der Waals surface area contributed by atoms with Crippen LogP contribution >= 0.6 is 11.3 Å². The number of anilines is 1. The normalized spacial score (nSPS) is 12.6. The maximum atomic E-state index is 12.9. The lowest BCUT2D eigenvalue weighted by Gasteiger charge is -2.23. The van der Waals surface area contributed by atoms with E-state index in [0.717, 1.165) is 0 Å². The average molecular weight is 447 g/mol. The molecular formula is C22H26N2O6S. The van der Waals surface area contributed by atoms with E-state index in [-0.39, 0.29) is 12.3 Å². The van der Waals surface area contributed by atoms with Crippen molar-refractivity contribution in [3.05, 3.63) is 52.2 Å². The van der Waals surface area contributed by atoms with Crippen LogP contribution in [-0.4, -0.2) is 42.0 Å². The van der Waals surface area contributed by atoms with Crippen LogP contribution in [0.1, 0.15) is 48.5 Å². The Morgan fingerprint density at radius 1 is 1.06 bits per heavy atom. The van der Waals surface area contributed by atoms with Gasteiger partial charge in [-0.05, 0) is 59.0 Å². The van der Waals surface area contributed by atoms with Crippen LogP contribution in [0.4, 0.5) is 5.69 Å². The molecule has 0 spiro atoms. The monoisotopic (exact) mass is 446 g/mol. The number of carboxylic acid groups (broad SMARTS) is 1. The molecular weight excluding hydrogens is 420 g/mol. The molecule has 0 saturated heterocycles. The first-order chi connectivity index (χ1) is 14.7. The van der Waals surface area contributed by atoms with Crippen LogP contribution in [0.3, 0.4) is 0 Å². The van der Waals surface area contributed by atoms with Gasteiger partial charge in [0.15, 0.2) is 0 Å². The van der Waals surface area contributed by atoms with Gasteiger partial charge in [-0.3, -0.25) is 14.4 Å². The molecule has 0 aliphatic heterocycles. The number of rotatable bonds is 10. The number of carbonyl (C=O) groups excluding carboxylic acids is 3. The molecule has 0 aliphatic rings. The molecule has 2 amide bonds. The number of amides is 2. The minimum atomic E-state index is -1.10. The number of benzene rings is 1. The summed E-state index contributed by atoms with van der Waals surface area (Å²) in [5, 5.41) is 18.2. The summed E-state index contributed by atoms with van der Waals surface area (Å²) >= 11 is 1.37. The Balaban J connectivity index is 2.14. The van der Waals surface area contributed by atoms with E-state index >= 15 is 0 Å². The number of hydrogen-bond acceptors (Lipinski definition) is 6. The molecule has 3 N–H and O–H groups in total. The summed E-state index contributed by atoms with van der Waals surface area (Å²) in [5.74, 6) is -3.29. The lowest BCUT2D eigenvalue weighted by molar-refractivity contribution is -0.139. The molecule has 0 saturated carbocycles. The fraction of sp³-hybridized carbons (Fsp3) is 0.364. The zero-order chi connectivity index (χ0) is 23.0. The number of methoxy groups -OCH3 is 1. The Morgan fingerprint density at radius 2 is 1.74 bits per heavy atom. The molecule has 0 aliphatic carbocycles. The summed E-state index contributed by atoms with van der Waals surface area (Å²) in [4.78, 5) is 48.5. The van der Waals surface area contributed by atoms with Crippen molar-refractivity contribution in [2.24, 2.45) is 5.92 Å². The maximum Gasteiger partial charge on any atom is 0.337 e. The minimum Gasteiger partial charge on any atom is -0.481 e. The molecule has 31 heavy (non-hydrogen) atoms. The highest BCUT2D eigenvalue weighted by molar-refractivity contribution is 7.08. The van der Waals surface area contributed by atoms with Gasteiger partial charge in [0.25, 0.3) is 0 Å². The second-order valence-corrected chi connectivity index (χ2v) is 8.24. The average Bonchev–Trinajstić information content (AvgIpc) is 3.25. The zero-order valence-corrected chi connectivity index (χ0v) is 18.4. The number of thiophene rings is 1. The Hall–Kier alpha value is -3.20. The second-order valence-electron chi connectivity index (χ2n) is 7.46. The number of carbonyl (C=O) groups is 4. The van der Waals surface area contributed by atoms with Crippen LogP contribution in [0, 0.1) is 5.92 Å². The SMILES string of the molecule is COC(=O)c1ccc(NC(=O)[C@H](CC(C)C)NC(=O)[C@@H](CC(=O)O)c2ccsc2)cc1. The predicted octanol–water partition coefficient (Wildman–Crippen LogP) is 3.26. The molecule has 1 heterocycles. The quantitative estimate of drug-likeness (QED) is 0.482. The summed E-state index contributed by atoms with van der Waals surface area (Å²) in [5.41, 5.74) is 1.41. The van der Waals surface area contributed by atoms with Gasteiger partial charge in [0.1, 0.15) is 6.04 Å². The molecule has 166 valence electrons. The molecule has 0 fully saturated rings.